The highest BCUT2D eigenvalue weighted by atomic mass is 19.4. The zero-order valence-corrected chi connectivity index (χ0v) is 16.8. The number of rotatable bonds is 6. The highest BCUT2D eigenvalue weighted by Gasteiger charge is 2.38. The van der Waals surface area contributed by atoms with E-state index in [4.69, 9.17) is 19.4 Å². The lowest BCUT2D eigenvalue weighted by Crippen LogP contribution is -2.37. The third kappa shape index (κ3) is 7.98. The molecule has 3 heterocycles. The van der Waals surface area contributed by atoms with E-state index in [1.54, 1.807) is 12.4 Å². The molecule has 1 aliphatic heterocycles. The van der Waals surface area contributed by atoms with Gasteiger partial charge in [0.05, 0.1) is 31.8 Å². The summed E-state index contributed by atoms with van der Waals surface area (Å²) in [6.45, 7) is 3.23. The number of methoxy groups -OCH3 is 1. The number of carboxylic acid groups (broad SMARTS) is 1. The van der Waals surface area contributed by atoms with Crippen LogP contribution in [0.25, 0.3) is 0 Å². The Labute approximate surface area is 176 Å². The molecule has 0 saturated heterocycles. The molecular formula is C19H23F3N4O5. The average molecular weight is 444 g/mol. The van der Waals surface area contributed by atoms with E-state index in [9.17, 15) is 18.0 Å². The summed E-state index contributed by atoms with van der Waals surface area (Å²) in [7, 11) is 1.54. The van der Waals surface area contributed by atoms with E-state index in [0.717, 1.165) is 17.8 Å². The number of pyridine rings is 1. The Kier molecular flexibility index (Phi) is 8.94. The maximum absolute atomic E-state index is 12.2. The predicted octanol–water partition coefficient (Wildman–Crippen LogP) is 1.73. The number of amides is 1. The van der Waals surface area contributed by atoms with E-state index in [-0.39, 0.29) is 18.4 Å². The van der Waals surface area contributed by atoms with Gasteiger partial charge in [0.25, 0.3) is 0 Å². The van der Waals surface area contributed by atoms with Gasteiger partial charge in [0.1, 0.15) is 6.61 Å². The standard InChI is InChI=1S/C17H22N4O3.C2HF3O2/c1-23-12-17(22)20-7-15(8-21-13-19-6-16(21)9-20)11-24-10-14-2-4-18-5-3-14;3-2(4,5)1(6)7/h2-6,13,15H,7-12H2,1H3;(H,6,7). The number of aliphatic carboxylic acids is 1. The van der Waals surface area contributed by atoms with Crippen LogP contribution >= 0.6 is 0 Å². The first-order valence-corrected chi connectivity index (χ1v) is 9.23. The lowest BCUT2D eigenvalue weighted by molar-refractivity contribution is -0.192. The minimum absolute atomic E-state index is 0.00807. The number of alkyl halides is 3. The second-order valence-corrected chi connectivity index (χ2v) is 6.78. The maximum atomic E-state index is 12.2. The third-order valence-corrected chi connectivity index (χ3v) is 4.32. The Morgan fingerprint density at radius 3 is 2.52 bits per heavy atom. The number of hydrogen-bond donors (Lipinski definition) is 1. The van der Waals surface area contributed by atoms with Crippen LogP contribution in [0.1, 0.15) is 11.3 Å². The molecule has 0 aromatic carbocycles. The largest absolute Gasteiger partial charge is 0.490 e. The number of aromatic nitrogens is 3. The monoisotopic (exact) mass is 444 g/mol. The molecule has 2 aromatic heterocycles. The Morgan fingerprint density at radius 2 is 1.90 bits per heavy atom. The summed E-state index contributed by atoms with van der Waals surface area (Å²) in [5.74, 6) is -2.55. The van der Waals surface area contributed by atoms with Crippen LogP contribution in [0.2, 0.25) is 0 Å². The van der Waals surface area contributed by atoms with Crippen molar-refractivity contribution in [1.82, 2.24) is 19.4 Å². The molecule has 170 valence electrons. The van der Waals surface area contributed by atoms with Crippen LogP contribution in [0.3, 0.4) is 0 Å². The molecule has 12 heteroatoms. The molecule has 1 amide bonds. The fraction of sp³-hybridized carbons (Fsp3) is 0.474. The summed E-state index contributed by atoms with van der Waals surface area (Å²) in [5, 5.41) is 7.12. The molecular weight excluding hydrogens is 421 g/mol. The number of hydrogen-bond acceptors (Lipinski definition) is 6. The van der Waals surface area contributed by atoms with Crippen LogP contribution in [-0.2, 0) is 38.8 Å². The van der Waals surface area contributed by atoms with Gasteiger partial charge in [0, 0.05) is 44.7 Å². The third-order valence-electron chi connectivity index (χ3n) is 4.32. The second-order valence-electron chi connectivity index (χ2n) is 6.78. The minimum atomic E-state index is -5.08. The maximum Gasteiger partial charge on any atom is 0.490 e. The van der Waals surface area contributed by atoms with E-state index in [2.05, 4.69) is 14.5 Å². The van der Waals surface area contributed by atoms with Crippen LogP contribution in [0.15, 0.2) is 37.1 Å². The predicted molar refractivity (Wildman–Crippen MR) is 101 cm³/mol. The molecule has 3 rings (SSSR count). The number of carbonyl (C=O) groups excluding carboxylic acids is 1. The average Bonchev–Trinajstić information content (AvgIpc) is 3.07. The van der Waals surface area contributed by atoms with Gasteiger partial charge in [-0.1, -0.05) is 0 Å². The summed E-state index contributed by atoms with van der Waals surface area (Å²) in [6.07, 6.45) is 2.06. The summed E-state index contributed by atoms with van der Waals surface area (Å²) in [4.78, 5) is 31.2. The van der Waals surface area contributed by atoms with Crippen molar-refractivity contribution in [1.29, 1.82) is 0 Å². The van der Waals surface area contributed by atoms with E-state index < -0.39 is 12.1 Å². The first-order chi connectivity index (χ1) is 14.7. The topological polar surface area (TPSA) is 107 Å². The molecule has 0 radical (unpaired) electrons. The SMILES string of the molecule is COCC(=O)N1Cc2cncn2CC(COCc2ccncc2)C1.O=C(O)C(F)(F)F. The van der Waals surface area contributed by atoms with Crippen molar-refractivity contribution in [2.24, 2.45) is 5.92 Å². The molecule has 31 heavy (non-hydrogen) atoms. The molecule has 1 atom stereocenters. The van der Waals surface area contributed by atoms with E-state index in [1.165, 1.54) is 7.11 Å². The van der Waals surface area contributed by atoms with Gasteiger partial charge in [0.2, 0.25) is 5.91 Å². The number of carbonyl (C=O) groups is 2. The van der Waals surface area contributed by atoms with Gasteiger partial charge in [-0.15, -0.1) is 0 Å². The minimum Gasteiger partial charge on any atom is -0.475 e. The quantitative estimate of drug-likeness (QED) is 0.723. The molecule has 1 unspecified atom stereocenters. The lowest BCUT2D eigenvalue weighted by atomic mass is 10.1. The van der Waals surface area contributed by atoms with Crippen molar-refractivity contribution in [3.63, 3.8) is 0 Å². The molecule has 9 nitrogen and oxygen atoms in total. The van der Waals surface area contributed by atoms with Gasteiger partial charge in [-0.05, 0) is 17.7 Å². The number of carboxylic acids is 1. The first-order valence-electron chi connectivity index (χ1n) is 9.23. The molecule has 2 aromatic rings. The summed E-state index contributed by atoms with van der Waals surface area (Å²) < 4.78 is 44.7. The molecule has 0 saturated carbocycles. The van der Waals surface area contributed by atoms with Crippen LogP contribution in [0.4, 0.5) is 13.2 Å². The van der Waals surface area contributed by atoms with E-state index in [1.807, 2.05) is 29.6 Å². The normalized spacial score (nSPS) is 16.0. The number of ether oxygens (including phenoxy) is 2. The van der Waals surface area contributed by atoms with Crippen molar-refractivity contribution in [2.75, 3.05) is 26.9 Å². The summed E-state index contributed by atoms with van der Waals surface area (Å²) >= 11 is 0. The highest BCUT2D eigenvalue weighted by Crippen LogP contribution is 2.17. The zero-order valence-electron chi connectivity index (χ0n) is 16.8. The smallest absolute Gasteiger partial charge is 0.475 e. The van der Waals surface area contributed by atoms with Gasteiger partial charge < -0.3 is 24.0 Å². The van der Waals surface area contributed by atoms with Crippen molar-refractivity contribution < 1.29 is 37.3 Å². The van der Waals surface area contributed by atoms with Gasteiger partial charge in [-0.2, -0.15) is 13.2 Å². The van der Waals surface area contributed by atoms with E-state index >= 15 is 0 Å². The van der Waals surface area contributed by atoms with Gasteiger partial charge in [0.15, 0.2) is 0 Å². The number of imidazole rings is 1. The van der Waals surface area contributed by atoms with Gasteiger partial charge >= 0.3 is 12.1 Å². The Hall–Kier alpha value is -2.99. The lowest BCUT2D eigenvalue weighted by Gasteiger charge is -2.24. The van der Waals surface area contributed by atoms with Crippen LogP contribution in [0.5, 0.6) is 0 Å². The number of halogens is 3. The summed E-state index contributed by atoms with van der Waals surface area (Å²) in [5.41, 5.74) is 2.13. The number of fused-ring (bicyclic) bond motifs is 1. The van der Waals surface area contributed by atoms with Crippen molar-refractivity contribution >= 4 is 11.9 Å². The van der Waals surface area contributed by atoms with Crippen LogP contribution < -0.4 is 0 Å². The van der Waals surface area contributed by atoms with Gasteiger partial charge in [-0.3, -0.25) is 9.78 Å². The second kappa shape index (κ2) is 11.4. The zero-order chi connectivity index (χ0) is 22.9. The van der Waals surface area contributed by atoms with Crippen LogP contribution in [-0.4, -0.2) is 69.5 Å². The Balaban J connectivity index is 0.000000423. The molecule has 0 fully saturated rings. The molecule has 0 spiro atoms. The summed E-state index contributed by atoms with van der Waals surface area (Å²) in [6, 6.07) is 3.88. The first kappa shape index (κ1) is 24.3. The highest BCUT2D eigenvalue weighted by molar-refractivity contribution is 5.77. The van der Waals surface area contributed by atoms with E-state index in [0.29, 0.717) is 26.3 Å². The fourth-order valence-corrected chi connectivity index (χ4v) is 2.88. The molecule has 0 aliphatic carbocycles. The molecule has 1 N–H and O–H groups in total. The fourth-order valence-electron chi connectivity index (χ4n) is 2.88. The number of nitrogens with zero attached hydrogens (tertiary/aromatic N) is 4. The molecule has 0 bridgehead atoms. The Bertz CT molecular complexity index is 845. The van der Waals surface area contributed by atoms with Crippen molar-refractivity contribution in [3.05, 3.63) is 48.3 Å². The molecule has 1 aliphatic rings. The van der Waals surface area contributed by atoms with Gasteiger partial charge in [-0.25, -0.2) is 9.78 Å². The van der Waals surface area contributed by atoms with Crippen LogP contribution in [0, 0.1) is 5.92 Å². The van der Waals surface area contributed by atoms with Crippen molar-refractivity contribution in [3.8, 4) is 0 Å². The Morgan fingerprint density at radius 1 is 1.23 bits per heavy atom. The van der Waals surface area contributed by atoms with Crippen molar-refractivity contribution in [2.45, 2.75) is 25.9 Å².